The first kappa shape index (κ1) is 20.5. The lowest BCUT2D eigenvalue weighted by Crippen LogP contribution is -2.36. The first-order valence-electron chi connectivity index (χ1n) is 11.8. The maximum Gasteiger partial charge on any atom is 0.121 e. The molecule has 1 aromatic heterocycles. The lowest BCUT2D eigenvalue weighted by atomic mass is 9.77. The molecule has 0 amide bonds. The summed E-state index contributed by atoms with van der Waals surface area (Å²) >= 11 is 0. The minimum absolute atomic E-state index is 0.492. The van der Waals surface area contributed by atoms with E-state index in [1.54, 1.807) is 0 Å². The zero-order valence-electron chi connectivity index (χ0n) is 18.5. The molecule has 2 nitrogen and oxygen atoms in total. The van der Waals surface area contributed by atoms with Gasteiger partial charge in [0.25, 0.3) is 0 Å². The Bertz CT molecular complexity index is 1040. The molecule has 1 heterocycles. The molecule has 0 N–H and O–H groups in total. The van der Waals surface area contributed by atoms with Crippen molar-refractivity contribution in [2.45, 2.75) is 37.6 Å². The van der Waals surface area contributed by atoms with Gasteiger partial charge in [0.2, 0.25) is 0 Å². The molecule has 0 atom stereocenters. The van der Waals surface area contributed by atoms with Crippen LogP contribution in [0.5, 0.6) is 0 Å². The van der Waals surface area contributed by atoms with E-state index in [1.807, 2.05) is 6.33 Å². The molecule has 1 saturated carbocycles. The quantitative estimate of drug-likeness (QED) is 0.300. The second kappa shape index (κ2) is 9.40. The Labute approximate surface area is 191 Å². The van der Waals surface area contributed by atoms with Crippen molar-refractivity contribution in [3.05, 3.63) is 132 Å². The van der Waals surface area contributed by atoms with Gasteiger partial charge in [-0.1, -0.05) is 116 Å². The molecule has 0 spiro atoms. The van der Waals surface area contributed by atoms with Gasteiger partial charge in [-0.15, -0.1) is 0 Å². The SMILES string of the molecule is C(=C\C1CCCCC1)/c1cn(C(c2ccccc2)(c2ccccc2)c2ccccc2)cn1. The summed E-state index contributed by atoms with van der Waals surface area (Å²) < 4.78 is 2.29. The van der Waals surface area contributed by atoms with Crippen LogP contribution in [0, 0.1) is 5.92 Å². The average Bonchev–Trinajstić information content (AvgIpc) is 3.35. The Morgan fingerprint density at radius 2 is 1.19 bits per heavy atom. The summed E-state index contributed by atoms with van der Waals surface area (Å²) in [6.07, 6.45) is 15.5. The summed E-state index contributed by atoms with van der Waals surface area (Å²) in [6, 6.07) is 32.3. The maximum absolute atomic E-state index is 4.82. The van der Waals surface area contributed by atoms with Gasteiger partial charge in [0.15, 0.2) is 0 Å². The number of hydrogen-bond donors (Lipinski definition) is 0. The molecule has 32 heavy (non-hydrogen) atoms. The van der Waals surface area contributed by atoms with Crippen molar-refractivity contribution < 1.29 is 0 Å². The maximum atomic E-state index is 4.82. The van der Waals surface area contributed by atoms with Crippen LogP contribution >= 0.6 is 0 Å². The smallest absolute Gasteiger partial charge is 0.121 e. The van der Waals surface area contributed by atoms with E-state index < -0.39 is 5.54 Å². The number of nitrogens with zero attached hydrogens (tertiary/aromatic N) is 2. The van der Waals surface area contributed by atoms with Crippen LogP contribution in [0.2, 0.25) is 0 Å². The second-order valence-electron chi connectivity index (χ2n) is 8.77. The van der Waals surface area contributed by atoms with Crippen molar-refractivity contribution in [2.75, 3.05) is 0 Å². The summed E-state index contributed by atoms with van der Waals surface area (Å²) in [5.74, 6) is 0.691. The Morgan fingerprint density at radius 3 is 1.69 bits per heavy atom. The minimum atomic E-state index is -0.492. The van der Waals surface area contributed by atoms with Crippen LogP contribution in [0.3, 0.4) is 0 Å². The first-order valence-corrected chi connectivity index (χ1v) is 11.8. The molecule has 1 fully saturated rings. The molecule has 0 aliphatic heterocycles. The lowest BCUT2D eigenvalue weighted by Gasteiger charge is -2.37. The highest BCUT2D eigenvalue weighted by atomic mass is 15.1. The van der Waals surface area contributed by atoms with Crippen molar-refractivity contribution in [1.82, 2.24) is 9.55 Å². The molecule has 0 saturated heterocycles. The van der Waals surface area contributed by atoms with Gasteiger partial charge in [0.1, 0.15) is 5.54 Å². The molecule has 0 bridgehead atoms. The number of aromatic nitrogens is 2. The molecule has 2 heteroatoms. The Morgan fingerprint density at radius 1 is 0.688 bits per heavy atom. The van der Waals surface area contributed by atoms with E-state index in [4.69, 9.17) is 4.98 Å². The molecule has 3 aromatic carbocycles. The summed E-state index contributed by atoms with van der Waals surface area (Å²) in [4.78, 5) is 4.82. The van der Waals surface area contributed by atoms with Crippen LogP contribution in [0.15, 0.2) is 110 Å². The summed E-state index contributed by atoms with van der Waals surface area (Å²) in [5.41, 5.74) is 4.18. The van der Waals surface area contributed by atoms with E-state index in [2.05, 4.69) is 114 Å². The topological polar surface area (TPSA) is 17.8 Å². The standard InChI is InChI=1S/C30H30N2/c1-5-13-25(14-6-1)21-22-29-23-32(24-31-29)30(26-15-7-2-8-16-26,27-17-9-3-10-18-27)28-19-11-4-12-20-28/h2-4,7-12,15-25H,1,5-6,13-14H2/b22-21+. The molecule has 0 unspecified atom stereocenters. The van der Waals surface area contributed by atoms with Crippen LogP contribution < -0.4 is 0 Å². The van der Waals surface area contributed by atoms with Gasteiger partial charge >= 0.3 is 0 Å². The van der Waals surface area contributed by atoms with Crippen LogP contribution in [0.1, 0.15) is 54.5 Å². The molecule has 5 rings (SSSR count). The average molecular weight is 419 g/mol. The molecular weight excluding hydrogens is 388 g/mol. The minimum Gasteiger partial charge on any atom is -0.318 e. The van der Waals surface area contributed by atoms with E-state index in [0.717, 1.165) is 5.69 Å². The third-order valence-electron chi connectivity index (χ3n) is 6.75. The Balaban J connectivity index is 1.65. The van der Waals surface area contributed by atoms with Gasteiger partial charge in [0.05, 0.1) is 12.0 Å². The highest BCUT2D eigenvalue weighted by molar-refractivity contribution is 5.52. The highest BCUT2D eigenvalue weighted by Gasteiger charge is 2.38. The predicted octanol–water partition coefficient (Wildman–Crippen LogP) is 7.32. The van der Waals surface area contributed by atoms with Crippen LogP contribution in [-0.2, 0) is 5.54 Å². The van der Waals surface area contributed by atoms with Gasteiger partial charge in [0, 0.05) is 6.20 Å². The number of hydrogen-bond acceptors (Lipinski definition) is 1. The number of imidazole rings is 1. The van der Waals surface area contributed by atoms with Crippen LogP contribution in [0.25, 0.3) is 6.08 Å². The summed E-state index contributed by atoms with van der Waals surface area (Å²) in [7, 11) is 0. The Hall–Kier alpha value is -3.39. The molecule has 160 valence electrons. The molecule has 1 aliphatic rings. The van der Waals surface area contributed by atoms with Gasteiger partial charge in [-0.3, -0.25) is 0 Å². The Kier molecular flexibility index (Phi) is 6.02. The number of benzene rings is 3. The van der Waals surface area contributed by atoms with Gasteiger partial charge in [-0.25, -0.2) is 4.98 Å². The third-order valence-corrected chi connectivity index (χ3v) is 6.75. The fraction of sp³-hybridized carbons (Fsp3) is 0.233. The van der Waals surface area contributed by atoms with Crippen LogP contribution in [-0.4, -0.2) is 9.55 Å². The van der Waals surface area contributed by atoms with Crippen molar-refractivity contribution in [1.29, 1.82) is 0 Å². The highest BCUT2D eigenvalue weighted by Crippen LogP contribution is 2.40. The predicted molar refractivity (Wildman–Crippen MR) is 132 cm³/mol. The number of allylic oxidation sites excluding steroid dienone is 1. The largest absolute Gasteiger partial charge is 0.318 e. The zero-order chi connectivity index (χ0) is 21.6. The first-order chi connectivity index (χ1) is 15.9. The van der Waals surface area contributed by atoms with E-state index in [0.29, 0.717) is 5.92 Å². The van der Waals surface area contributed by atoms with Crippen molar-refractivity contribution >= 4 is 6.08 Å². The summed E-state index contributed by atoms with van der Waals surface area (Å²) in [6.45, 7) is 0. The number of rotatable bonds is 6. The van der Waals surface area contributed by atoms with E-state index >= 15 is 0 Å². The van der Waals surface area contributed by atoms with E-state index in [-0.39, 0.29) is 0 Å². The van der Waals surface area contributed by atoms with Crippen molar-refractivity contribution in [3.63, 3.8) is 0 Å². The van der Waals surface area contributed by atoms with Gasteiger partial charge in [-0.2, -0.15) is 0 Å². The molecule has 4 aromatic rings. The second-order valence-corrected chi connectivity index (χ2v) is 8.77. The fourth-order valence-electron chi connectivity index (χ4n) is 5.15. The van der Waals surface area contributed by atoms with Crippen LogP contribution in [0.4, 0.5) is 0 Å². The lowest BCUT2D eigenvalue weighted by molar-refractivity contribution is 0.420. The van der Waals surface area contributed by atoms with Crippen molar-refractivity contribution in [2.24, 2.45) is 5.92 Å². The normalized spacial score (nSPS) is 15.2. The van der Waals surface area contributed by atoms with E-state index in [1.165, 1.54) is 48.8 Å². The summed E-state index contributed by atoms with van der Waals surface area (Å²) in [5, 5.41) is 0. The van der Waals surface area contributed by atoms with Gasteiger partial charge < -0.3 is 4.57 Å². The molecular formula is C30H30N2. The van der Waals surface area contributed by atoms with Gasteiger partial charge in [-0.05, 0) is 41.5 Å². The molecule has 1 aliphatic carbocycles. The van der Waals surface area contributed by atoms with Crippen molar-refractivity contribution in [3.8, 4) is 0 Å². The fourth-order valence-corrected chi connectivity index (χ4v) is 5.15. The van der Waals surface area contributed by atoms with E-state index in [9.17, 15) is 0 Å². The monoisotopic (exact) mass is 418 g/mol. The zero-order valence-corrected chi connectivity index (χ0v) is 18.5. The molecule has 0 radical (unpaired) electrons. The third kappa shape index (κ3) is 3.93.